The highest BCUT2D eigenvalue weighted by Crippen LogP contribution is 2.43. The molecule has 0 N–H and O–H groups in total. The third-order valence-electron chi connectivity index (χ3n) is 7.02. The van der Waals surface area contributed by atoms with Crippen molar-refractivity contribution >= 4 is 5.97 Å². The van der Waals surface area contributed by atoms with E-state index in [1.165, 1.54) is 36.8 Å². The van der Waals surface area contributed by atoms with E-state index in [-0.39, 0.29) is 30.5 Å². The van der Waals surface area contributed by atoms with Crippen LogP contribution in [0.15, 0.2) is 85.3 Å². The normalized spacial score (nSPS) is 12.9. The summed E-state index contributed by atoms with van der Waals surface area (Å²) in [5.41, 5.74) is 1.58. The molecule has 7 nitrogen and oxygen atoms in total. The van der Waals surface area contributed by atoms with Crippen LogP contribution < -0.4 is 14.2 Å². The molecule has 2 aromatic carbocycles. The Morgan fingerprint density at radius 2 is 1.47 bits per heavy atom. The molecule has 0 bridgehead atoms. The molecule has 2 heterocycles. The van der Waals surface area contributed by atoms with E-state index in [1.54, 1.807) is 43.3 Å². The van der Waals surface area contributed by atoms with Crippen LogP contribution in [0.1, 0.15) is 54.9 Å². The molecule has 4 aromatic rings. The van der Waals surface area contributed by atoms with Crippen LogP contribution >= 0.6 is 0 Å². The third kappa shape index (κ3) is 8.68. The van der Waals surface area contributed by atoms with Crippen LogP contribution in [0.2, 0.25) is 0 Å². The van der Waals surface area contributed by atoms with Gasteiger partial charge in [-0.1, -0.05) is 38.1 Å². The average molecular weight is 631 g/mol. The Bertz CT molecular complexity index is 1540. The molecule has 0 saturated heterocycles. The number of rotatable bonds is 14. The van der Waals surface area contributed by atoms with Gasteiger partial charge in [0.05, 0.1) is 19.1 Å². The Balaban J connectivity index is 1.74. The fourth-order valence-electron chi connectivity index (χ4n) is 4.84. The first-order chi connectivity index (χ1) is 21.5. The van der Waals surface area contributed by atoms with E-state index >= 15 is 0 Å². The largest absolute Gasteiger partial charge is 0.477 e. The van der Waals surface area contributed by atoms with Gasteiger partial charge < -0.3 is 18.9 Å². The minimum absolute atomic E-state index is 0.0584. The van der Waals surface area contributed by atoms with Crippen LogP contribution in [0, 0.1) is 5.82 Å². The SMILES string of the molecule is CCOC(=O)C(c1ccncc1)C(c1ccc(OCC(C)(C)c2ccc(F)cc2)nc1)c1ccc(OC(F)F)c(OC(F)F)c1. The predicted octanol–water partition coefficient (Wildman–Crippen LogP) is 7.65. The number of nitrogens with zero attached hydrogens (tertiary/aromatic N) is 2. The summed E-state index contributed by atoms with van der Waals surface area (Å²) in [6.07, 6.45) is 4.44. The smallest absolute Gasteiger partial charge is 0.387 e. The van der Waals surface area contributed by atoms with Crippen LogP contribution in [0.3, 0.4) is 0 Å². The highest BCUT2D eigenvalue weighted by Gasteiger charge is 2.35. The number of benzene rings is 2. The Labute approximate surface area is 256 Å². The molecule has 45 heavy (non-hydrogen) atoms. The van der Waals surface area contributed by atoms with E-state index in [1.807, 2.05) is 13.8 Å². The van der Waals surface area contributed by atoms with E-state index in [9.17, 15) is 26.7 Å². The molecule has 0 fully saturated rings. The molecule has 0 saturated carbocycles. The Morgan fingerprint density at radius 1 is 0.822 bits per heavy atom. The van der Waals surface area contributed by atoms with Crippen molar-refractivity contribution in [3.63, 3.8) is 0 Å². The second-order valence-corrected chi connectivity index (χ2v) is 10.6. The van der Waals surface area contributed by atoms with E-state index in [0.29, 0.717) is 11.1 Å². The molecular weight excluding hydrogens is 599 g/mol. The van der Waals surface area contributed by atoms with Gasteiger partial charge in [-0.15, -0.1) is 0 Å². The number of alkyl halides is 4. The van der Waals surface area contributed by atoms with Crippen molar-refractivity contribution in [2.45, 2.75) is 51.2 Å². The van der Waals surface area contributed by atoms with Crippen LogP contribution in [-0.4, -0.2) is 42.4 Å². The van der Waals surface area contributed by atoms with Gasteiger partial charge in [0.15, 0.2) is 11.5 Å². The molecule has 2 atom stereocenters. The zero-order valence-corrected chi connectivity index (χ0v) is 24.6. The minimum Gasteiger partial charge on any atom is -0.477 e. The first-order valence-electron chi connectivity index (χ1n) is 13.9. The molecule has 0 aliphatic carbocycles. The molecule has 12 heteroatoms. The van der Waals surface area contributed by atoms with Crippen LogP contribution in [0.4, 0.5) is 22.0 Å². The Hall–Kier alpha value is -4.74. The third-order valence-corrected chi connectivity index (χ3v) is 7.02. The quantitative estimate of drug-likeness (QED) is 0.105. The molecule has 0 aliphatic heterocycles. The molecule has 2 aromatic heterocycles. The number of hydrogen-bond donors (Lipinski definition) is 0. The van der Waals surface area contributed by atoms with Crippen LogP contribution in [0.25, 0.3) is 0 Å². The van der Waals surface area contributed by atoms with E-state index in [0.717, 1.165) is 17.7 Å². The second-order valence-electron chi connectivity index (χ2n) is 10.6. The first-order valence-corrected chi connectivity index (χ1v) is 13.9. The number of ether oxygens (including phenoxy) is 4. The van der Waals surface area contributed by atoms with Gasteiger partial charge in [0.2, 0.25) is 5.88 Å². The number of pyridine rings is 2. The topological polar surface area (TPSA) is 79.8 Å². The molecule has 0 aliphatic rings. The van der Waals surface area contributed by atoms with Gasteiger partial charge in [0, 0.05) is 36.0 Å². The van der Waals surface area contributed by atoms with Gasteiger partial charge in [-0.25, -0.2) is 9.37 Å². The molecular formula is C33H31F5N2O5. The standard InChI is InChI=1S/C33H31F5N2O5/c1-4-42-30(41)29(20-13-15-39-16-14-20)28(21-5-11-25(44-31(35)36)26(17-21)45-32(37)38)22-6-12-27(40-18-22)43-19-33(2,3)23-7-9-24(34)10-8-23/h5-18,28-29,31-32H,4,19H2,1-3H3. The highest BCUT2D eigenvalue weighted by atomic mass is 19.3. The van der Waals surface area contributed by atoms with Gasteiger partial charge in [0.25, 0.3) is 0 Å². The lowest BCUT2D eigenvalue weighted by Gasteiger charge is -2.28. The minimum atomic E-state index is -3.34. The van der Waals surface area contributed by atoms with Crippen molar-refractivity contribution in [3.05, 3.63) is 113 Å². The van der Waals surface area contributed by atoms with Crippen molar-refractivity contribution in [3.8, 4) is 17.4 Å². The number of esters is 1. The van der Waals surface area contributed by atoms with Crippen molar-refractivity contribution in [2.75, 3.05) is 13.2 Å². The van der Waals surface area contributed by atoms with Crippen LogP contribution in [-0.2, 0) is 14.9 Å². The summed E-state index contributed by atoms with van der Waals surface area (Å²) >= 11 is 0. The molecule has 4 rings (SSSR count). The van der Waals surface area contributed by atoms with Crippen molar-refractivity contribution < 1.29 is 45.7 Å². The summed E-state index contributed by atoms with van der Waals surface area (Å²) in [6, 6.07) is 16.1. The monoisotopic (exact) mass is 630 g/mol. The zero-order valence-electron chi connectivity index (χ0n) is 24.6. The first kappa shape index (κ1) is 33.2. The summed E-state index contributed by atoms with van der Waals surface area (Å²) in [4.78, 5) is 21.9. The maximum absolute atomic E-state index is 13.5. The predicted molar refractivity (Wildman–Crippen MR) is 154 cm³/mol. The molecule has 0 radical (unpaired) electrons. The second kappa shape index (κ2) is 14.8. The van der Waals surface area contributed by atoms with Gasteiger partial charge in [-0.05, 0) is 65.6 Å². The van der Waals surface area contributed by atoms with E-state index in [2.05, 4.69) is 19.4 Å². The van der Waals surface area contributed by atoms with Crippen LogP contribution in [0.5, 0.6) is 17.4 Å². The van der Waals surface area contributed by atoms with Crippen molar-refractivity contribution in [2.24, 2.45) is 0 Å². The average Bonchev–Trinajstić information content (AvgIpc) is 3.00. The number of hydrogen-bond acceptors (Lipinski definition) is 7. The van der Waals surface area contributed by atoms with Crippen molar-refractivity contribution in [1.29, 1.82) is 0 Å². The van der Waals surface area contributed by atoms with Crippen molar-refractivity contribution in [1.82, 2.24) is 9.97 Å². The Morgan fingerprint density at radius 3 is 2.07 bits per heavy atom. The molecule has 0 amide bonds. The van der Waals surface area contributed by atoms with Gasteiger partial charge in [-0.2, -0.15) is 17.6 Å². The lowest BCUT2D eigenvalue weighted by atomic mass is 9.77. The zero-order chi connectivity index (χ0) is 32.6. The van der Waals surface area contributed by atoms with Gasteiger partial charge in [0.1, 0.15) is 5.82 Å². The summed E-state index contributed by atoms with van der Waals surface area (Å²) in [7, 11) is 0. The summed E-state index contributed by atoms with van der Waals surface area (Å²) < 4.78 is 86.3. The molecule has 0 spiro atoms. The lowest BCUT2D eigenvalue weighted by molar-refractivity contribution is -0.145. The lowest BCUT2D eigenvalue weighted by Crippen LogP contribution is -2.26. The number of carbonyl (C=O) groups is 1. The fourth-order valence-corrected chi connectivity index (χ4v) is 4.84. The summed E-state index contributed by atoms with van der Waals surface area (Å²) in [5, 5.41) is 0. The maximum atomic E-state index is 13.5. The van der Waals surface area contributed by atoms with Gasteiger partial charge >= 0.3 is 19.2 Å². The van der Waals surface area contributed by atoms with E-state index < -0.39 is 47.9 Å². The van der Waals surface area contributed by atoms with Gasteiger partial charge in [-0.3, -0.25) is 9.78 Å². The van der Waals surface area contributed by atoms with E-state index in [4.69, 9.17) is 9.47 Å². The Kier molecular flexibility index (Phi) is 10.9. The number of carbonyl (C=O) groups excluding carboxylic acids is 1. The number of aromatic nitrogens is 2. The molecule has 238 valence electrons. The summed E-state index contributed by atoms with van der Waals surface area (Å²) in [5.74, 6) is -3.90. The maximum Gasteiger partial charge on any atom is 0.387 e. The number of halogens is 5. The summed E-state index contributed by atoms with van der Waals surface area (Å²) in [6.45, 7) is -0.853. The fraction of sp³-hybridized carbons (Fsp3) is 0.303. The highest BCUT2D eigenvalue weighted by molar-refractivity contribution is 5.80. The molecule has 2 unspecified atom stereocenters.